The van der Waals surface area contributed by atoms with Crippen LogP contribution in [0.25, 0.3) is 18.2 Å². The molecule has 0 aliphatic heterocycles. The normalized spacial score (nSPS) is 10.1. The number of carboxylic acids is 1. The van der Waals surface area contributed by atoms with Crippen molar-refractivity contribution in [2.24, 2.45) is 28.2 Å². The van der Waals surface area contributed by atoms with E-state index in [1.807, 2.05) is 53.3 Å². The Morgan fingerprint density at radius 3 is 1.71 bits per heavy atom. The first-order valence-corrected chi connectivity index (χ1v) is 18.9. The first-order valence-electron chi connectivity index (χ1n) is 17.6. The Morgan fingerprint density at radius 2 is 1.27 bits per heavy atom. The van der Waals surface area contributed by atoms with Gasteiger partial charge < -0.3 is 52.7 Å². The topological polar surface area (TPSA) is 299 Å². The second-order valence-corrected chi connectivity index (χ2v) is 12.1. The van der Waals surface area contributed by atoms with Gasteiger partial charge in [-0.15, -0.1) is 0 Å². The number of thiol groups is 3. The summed E-state index contributed by atoms with van der Waals surface area (Å²) in [5, 5.41) is 15.4. The highest BCUT2D eigenvalue weighted by Crippen LogP contribution is 2.02. The molecule has 0 aliphatic rings. The van der Waals surface area contributed by atoms with Gasteiger partial charge in [-0.25, -0.2) is 39.3 Å². The minimum atomic E-state index is -0.963. The van der Waals surface area contributed by atoms with E-state index in [0.717, 1.165) is 28.9 Å². The lowest BCUT2D eigenvalue weighted by Gasteiger charge is -2.01. The second kappa shape index (κ2) is 35.1. The predicted octanol–water partition coefficient (Wildman–Crippen LogP) is 2.02. The van der Waals surface area contributed by atoms with Gasteiger partial charge in [-0.3, -0.25) is 9.59 Å². The van der Waals surface area contributed by atoms with E-state index in [0.29, 0.717) is 31.4 Å². The summed E-state index contributed by atoms with van der Waals surface area (Å²) in [6, 6.07) is 0. The molecule has 344 valence electrons. The number of carbonyl (C=O) groups excluding carboxylic acids is 4. The number of hydrogen-bond donors (Lipinski definition) is 9. The zero-order valence-corrected chi connectivity index (χ0v) is 37.7. The molecule has 0 fully saturated rings. The van der Waals surface area contributed by atoms with E-state index >= 15 is 0 Å². The molecule has 0 aromatic carbocycles. The van der Waals surface area contributed by atoms with Gasteiger partial charge in [-0.05, 0) is 24.6 Å². The van der Waals surface area contributed by atoms with Crippen LogP contribution < -0.4 is 14.7 Å². The molecule has 0 radical (unpaired) electrons. The van der Waals surface area contributed by atoms with Gasteiger partial charge in [-0.1, -0.05) is 48.2 Å². The second-order valence-electron chi connectivity index (χ2n) is 11.5. The van der Waals surface area contributed by atoms with Crippen LogP contribution in [0.5, 0.6) is 0 Å². The van der Waals surface area contributed by atoms with E-state index < -0.39 is 5.97 Å². The number of carboxylic acid groups (broad SMARTS) is 1. The summed E-state index contributed by atoms with van der Waals surface area (Å²) in [7, 11) is 10.2. The molecule has 24 nitrogen and oxygen atoms in total. The van der Waals surface area contributed by atoms with Crippen LogP contribution >= 0.6 is 38.4 Å². The highest BCUT2D eigenvalue weighted by atomic mass is 32.1. The van der Waals surface area contributed by atoms with E-state index in [1.165, 1.54) is 43.7 Å². The summed E-state index contributed by atoms with van der Waals surface area (Å²) in [6.45, 7) is 0. The molecule has 0 atom stereocenters. The van der Waals surface area contributed by atoms with Crippen molar-refractivity contribution in [2.75, 3.05) is 14.2 Å². The van der Waals surface area contributed by atoms with Crippen LogP contribution in [0, 0.1) is 0 Å². The quantitative estimate of drug-likeness (QED) is 0.0253. The number of ether oxygens (including phenoxy) is 2. The lowest BCUT2D eigenvalue weighted by atomic mass is 10.2. The Hall–Kier alpha value is -6.49. The number of aryl methyl sites for hydroxylation is 6. The number of esters is 2. The van der Waals surface area contributed by atoms with Crippen LogP contribution in [0.15, 0.2) is 80.8 Å². The van der Waals surface area contributed by atoms with Gasteiger partial charge in [0.2, 0.25) is 0 Å². The van der Waals surface area contributed by atoms with Gasteiger partial charge in [0, 0.05) is 77.1 Å². The van der Waals surface area contributed by atoms with Crippen molar-refractivity contribution in [3.8, 4) is 0 Å². The Morgan fingerprint density at radius 1 is 0.714 bits per heavy atom. The fourth-order valence-corrected chi connectivity index (χ4v) is 4.10. The molecule has 6 N–H and O–H groups in total. The molecule has 63 heavy (non-hydrogen) atoms. The molecule has 0 aliphatic carbocycles. The Kier molecular flexibility index (Phi) is 31.5. The number of imidazole rings is 5. The number of rotatable bonds is 14. The van der Waals surface area contributed by atoms with Gasteiger partial charge in [0.25, 0.3) is 0 Å². The third-order valence-electron chi connectivity index (χ3n) is 6.85. The molecule has 5 aromatic heterocycles. The van der Waals surface area contributed by atoms with Crippen LogP contribution in [0.2, 0.25) is 0 Å². The zero-order chi connectivity index (χ0) is 47.4. The molecule has 0 unspecified atom stereocenters. The smallest absolute Gasteiger partial charge is 0.330 e. The third-order valence-corrected chi connectivity index (χ3v) is 7.03. The molecule has 0 saturated heterocycles. The molecule has 5 aromatic rings. The Labute approximate surface area is 379 Å². The lowest BCUT2D eigenvalue weighted by Crippen LogP contribution is -2.12. The first kappa shape index (κ1) is 56.5. The summed E-state index contributed by atoms with van der Waals surface area (Å²) in [6.07, 6.45) is 27.0. The summed E-state index contributed by atoms with van der Waals surface area (Å²) >= 11 is 10.2. The molecular formula is C36H51N13O11S3. The van der Waals surface area contributed by atoms with Crippen molar-refractivity contribution < 1.29 is 53.4 Å². The van der Waals surface area contributed by atoms with Gasteiger partial charge in [-0.2, -0.15) is 4.89 Å². The minimum Gasteiger partial charge on any atom is -0.478 e. The van der Waals surface area contributed by atoms with Gasteiger partial charge in [0.15, 0.2) is 0 Å². The molecule has 0 amide bonds. The molecule has 0 spiro atoms. The first-order chi connectivity index (χ1) is 30.1. The molecule has 5 heterocycles. The Balaban J connectivity index is 0.000000752. The predicted molar refractivity (Wildman–Crippen MR) is 237 cm³/mol. The number of aromatic nitrogens is 10. The standard InChI is InChI=1S/2C8H10N2O2.2C7H11N3O2S.C6H6N2O2.H3NOS/c1-10-5-7(9-6-10)3-4-8(11)12-2;1-10-6-9-5-7(10)3-4-8(11)12-2;1-10-4-6(8-5-10)2-3-7(11)12-9-13;1-10-5-8-4-6(10)2-3-7(11)12-9-13;9-6(10)2-1-5-3-7-4-8-5;2-1-3/h2*3-6H,1-2H3;2*4-5,9,13H,2-3H2,1H3;1-4H,(H,7,8)(H,9,10);1-3H/b2*4-3+;;;2-1+;. The fraction of sp³-hybridized carbons (Fsp3) is 0.278. The number of aromatic amines is 1. The van der Waals surface area contributed by atoms with Crippen LogP contribution in [-0.4, -0.2) is 103 Å². The minimum absolute atomic E-state index is 0.296. The van der Waals surface area contributed by atoms with E-state index in [2.05, 4.69) is 87.5 Å². The van der Waals surface area contributed by atoms with Gasteiger partial charge in [0.05, 0.1) is 93.9 Å². The monoisotopic (exact) mass is 937 g/mol. The van der Waals surface area contributed by atoms with Crippen molar-refractivity contribution in [3.63, 3.8) is 0 Å². The van der Waals surface area contributed by atoms with Crippen molar-refractivity contribution >= 4 is 86.5 Å². The van der Waals surface area contributed by atoms with E-state index in [-0.39, 0.29) is 23.9 Å². The maximum absolute atomic E-state index is 10.9. The van der Waals surface area contributed by atoms with Crippen molar-refractivity contribution in [1.29, 1.82) is 0 Å². The SMILES string of the molecule is COC(=O)/C=C/c1cn(C)cn1.COC(=O)/C=C/c1cncn1C.Cn1cnc(CCC(=O)ONS)c1.Cn1cncc1CCC(=O)ONS.O=C(O)/C=C/c1cnc[nH]1.ONS. The molecule has 5 rings (SSSR count). The summed E-state index contributed by atoms with van der Waals surface area (Å²) in [5.41, 5.74) is 4.15. The van der Waals surface area contributed by atoms with Crippen molar-refractivity contribution in [2.45, 2.75) is 25.7 Å². The summed E-state index contributed by atoms with van der Waals surface area (Å²) < 4.78 is 16.2. The maximum atomic E-state index is 10.9. The Bertz CT molecular complexity index is 2130. The van der Waals surface area contributed by atoms with Crippen LogP contribution in [-0.2, 0) is 84.2 Å². The van der Waals surface area contributed by atoms with Gasteiger partial charge >= 0.3 is 29.8 Å². The highest BCUT2D eigenvalue weighted by molar-refractivity contribution is 7.78. The van der Waals surface area contributed by atoms with Crippen LogP contribution in [0.1, 0.15) is 41.3 Å². The molecular weight excluding hydrogens is 887 g/mol. The fourth-order valence-electron chi connectivity index (χ4n) is 3.89. The lowest BCUT2D eigenvalue weighted by molar-refractivity contribution is -0.147. The van der Waals surface area contributed by atoms with Gasteiger partial charge in [0.1, 0.15) is 0 Å². The van der Waals surface area contributed by atoms with E-state index in [4.69, 9.17) is 10.3 Å². The molecule has 27 heteroatoms. The maximum Gasteiger partial charge on any atom is 0.330 e. The molecule has 0 bridgehead atoms. The highest BCUT2D eigenvalue weighted by Gasteiger charge is 2.06. The number of H-pyrrole nitrogens is 1. The number of aliphatic carboxylic acids is 1. The molecule has 0 saturated carbocycles. The third kappa shape index (κ3) is 29.4. The largest absolute Gasteiger partial charge is 0.478 e. The average molecular weight is 938 g/mol. The number of nitrogens with zero attached hydrogens (tertiary/aromatic N) is 9. The van der Waals surface area contributed by atoms with Crippen molar-refractivity contribution in [1.82, 2.24) is 62.8 Å². The number of methoxy groups -OCH3 is 2. The van der Waals surface area contributed by atoms with E-state index in [1.54, 1.807) is 71.4 Å². The summed E-state index contributed by atoms with van der Waals surface area (Å²) in [4.78, 5) is 89.7. The number of carbonyl (C=O) groups is 5. The van der Waals surface area contributed by atoms with E-state index in [9.17, 15) is 24.0 Å². The number of hydrogen-bond acceptors (Lipinski definition) is 21. The van der Waals surface area contributed by atoms with Crippen LogP contribution in [0.3, 0.4) is 0 Å². The zero-order valence-electron chi connectivity index (χ0n) is 35.0. The summed E-state index contributed by atoms with van der Waals surface area (Å²) in [5.74, 6) is -2.39. The van der Waals surface area contributed by atoms with Crippen LogP contribution in [0.4, 0.5) is 0 Å². The van der Waals surface area contributed by atoms with Crippen molar-refractivity contribution in [3.05, 3.63) is 109 Å². The number of nitrogens with one attached hydrogen (secondary N) is 4. The average Bonchev–Trinajstić information content (AvgIpc) is 4.13.